The Hall–Kier alpha value is -2.56. The Morgan fingerprint density at radius 3 is 2.28 bits per heavy atom. The first-order valence-electron chi connectivity index (χ1n) is 11.4. The van der Waals surface area contributed by atoms with Gasteiger partial charge in [-0.2, -0.15) is 0 Å². The Labute approximate surface area is 231 Å². The van der Waals surface area contributed by atoms with Crippen molar-refractivity contribution in [2.24, 2.45) is 0 Å². The van der Waals surface area contributed by atoms with Crippen LogP contribution in [0.4, 0.5) is 10.1 Å². The Morgan fingerprint density at radius 2 is 1.69 bits per heavy atom. The van der Waals surface area contributed by atoms with Gasteiger partial charge in [-0.15, -0.1) is 0 Å². The molecule has 0 aliphatic carbocycles. The van der Waals surface area contributed by atoms with Gasteiger partial charge in [0.1, 0.15) is 11.6 Å². The third-order valence-corrected chi connectivity index (χ3v) is 5.51. The molecule has 0 saturated heterocycles. The van der Waals surface area contributed by atoms with Crippen LogP contribution in [0, 0.1) is 5.82 Å². The molecule has 8 nitrogen and oxygen atoms in total. The summed E-state index contributed by atoms with van der Waals surface area (Å²) in [5, 5.41) is 33.7. The SMILES string of the molecule is CC(C)c1nc(C(=O)Nc2ccccc2)c(-c2ccc(F)cc2)n1CC[C@@H](O)C[C@@H](O)CC(=O)[O-].[Na+]. The summed E-state index contributed by atoms with van der Waals surface area (Å²) in [5.74, 6) is -1.72. The van der Waals surface area contributed by atoms with Crippen LogP contribution in [0.25, 0.3) is 11.3 Å². The van der Waals surface area contributed by atoms with Gasteiger partial charge in [0.05, 0.1) is 17.9 Å². The average Bonchev–Trinajstić information content (AvgIpc) is 3.18. The molecule has 0 bridgehead atoms. The van der Waals surface area contributed by atoms with E-state index in [2.05, 4.69) is 10.3 Å². The molecule has 1 amide bonds. The first-order valence-corrected chi connectivity index (χ1v) is 11.4. The fraction of sp³-hybridized carbons (Fsp3) is 0.346. The van der Waals surface area contributed by atoms with E-state index in [-0.39, 0.29) is 60.6 Å². The zero-order valence-electron chi connectivity index (χ0n) is 20.6. The third-order valence-electron chi connectivity index (χ3n) is 5.51. The summed E-state index contributed by atoms with van der Waals surface area (Å²) in [6, 6.07) is 14.7. The maximum absolute atomic E-state index is 13.6. The number of carboxylic acids is 1. The molecule has 0 aliphatic heterocycles. The smallest absolute Gasteiger partial charge is 0.550 e. The molecular weight excluding hydrogens is 476 g/mol. The summed E-state index contributed by atoms with van der Waals surface area (Å²) < 4.78 is 15.5. The van der Waals surface area contributed by atoms with Gasteiger partial charge in [-0.3, -0.25) is 4.79 Å². The van der Waals surface area contributed by atoms with Crippen LogP contribution >= 0.6 is 0 Å². The summed E-state index contributed by atoms with van der Waals surface area (Å²) in [6.45, 7) is 4.09. The van der Waals surface area contributed by atoms with Crippen LogP contribution in [0.1, 0.15) is 55.3 Å². The van der Waals surface area contributed by atoms with Gasteiger partial charge in [0.25, 0.3) is 5.91 Å². The molecule has 0 spiro atoms. The number of aliphatic hydroxyl groups is 2. The number of carboxylic acid groups (broad SMARTS) is 1. The molecule has 36 heavy (non-hydrogen) atoms. The molecule has 0 radical (unpaired) electrons. The van der Waals surface area contributed by atoms with Gasteiger partial charge in [0, 0.05) is 36.1 Å². The van der Waals surface area contributed by atoms with Crippen LogP contribution < -0.4 is 40.0 Å². The molecule has 3 N–H and O–H groups in total. The largest absolute Gasteiger partial charge is 1.00 e. The normalized spacial score (nSPS) is 12.6. The first-order chi connectivity index (χ1) is 16.7. The number of nitrogens with one attached hydrogen (secondary N) is 1. The average molecular weight is 506 g/mol. The topological polar surface area (TPSA) is 128 Å². The van der Waals surface area contributed by atoms with E-state index in [0.717, 1.165) is 0 Å². The molecule has 2 aromatic carbocycles. The number of hydrogen-bond donors (Lipinski definition) is 3. The monoisotopic (exact) mass is 505 g/mol. The Bertz CT molecular complexity index is 1150. The number of nitrogens with zero attached hydrogens (tertiary/aromatic N) is 2. The molecule has 1 heterocycles. The number of aliphatic carboxylic acids is 1. The van der Waals surface area contributed by atoms with Crippen LogP contribution in [0.2, 0.25) is 0 Å². The zero-order chi connectivity index (χ0) is 25.5. The van der Waals surface area contributed by atoms with Gasteiger partial charge in [-0.1, -0.05) is 32.0 Å². The van der Waals surface area contributed by atoms with Crippen LogP contribution in [-0.2, 0) is 11.3 Å². The molecule has 2 atom stereocenters. The van der Waals surface area contributed by atoms with Crippen LogP contribution in [0.5, 0.6) is 0 Å². The third kappa shape index (κ3) is 7.97. The number of carbonyl (C=O) groups excluding carboxylic acids is 2. The Kier molecular flexibility index (Phi) is 11.3. The summed E-state index contributed by atoms with van der Waals surface area (Å²) >= 11 is 0. The number of para-hydroxylation sites is 1. The molecule has 0 fully saturated rings. The van der Waals surface area contributed by atoms with E-state index >= 15 is 0 Å². The number of amides is 1. The van der Waals surface area contributed by atoms with E-state index in [1.807, 2.05) is 24.5 Å². The summed E-state index contributed by atoms with van der Waals surface area (Å²) in [7, 11) is 0. The second-order valence-corrected chi connectivity index (χ2v) is 8.71. The number of aliphatic hydroxyl groups excluding tert-OH is 2. The van der Waals surface area contributed by atoms with Crippen molar-refractivity contribution in [1.82, 2.24) is 9.55 Å². The van der Waals surface area contributed by atoms with Crippen molar-refractivity contribution >= 4 is 17.6 Å². The van der Waals surface area contributed by atoms with Gasteiger partial charge < -0.3 is 30.0 Å². The number of imidazole rings is 1. The van der Waals surface area contributed by atoms with Crippen LogP contribution in [-0.4, -0.2) is 43.8 Å². The van der Waals surface area contributed by atoms with E-state index in [1.165, 1.54) is 12.1 Å². The van der Waals surface area contributed by atoms with E-state index < -0.39 is 36.3 Å². The number of hydrogen-bond acceptors (Lipinski definition) is 6. The van der Waals surface area contributed by atoms with E-state index in [0.29, 0.717) is 22.8 Å². The molecule has 186 valence electrons. The predicted octanol–water partition coefficient (Wildman–Crippen LogP) is -0.289. The summed E-state index contributed by atoms with van der Waals surface area (Å²) in [6.07, 6.45) is -2.74. The van der Waals surface area contributed by atoms with Crippen molar-refractivity contribution in [1.29, 1.82) is 0 Å². The van der Waals surface area contributed by atoms with Crippen LogP contribution in [0.3, 0.4) is 0 Å². The maximum Gasteiger partial charge on any atom is 1.00 e. The number of carbonyl (C=O) groups is 2. The van der Waals surface area contributed by atoms with Gasteiger partial charge in [-0.05, 0) is 49.2 Å². The van der Waals surface area contributed by atoms with E-state index in [1.54, 1.807) is 36.4 Å². The number of halogens is 1. The molecule has 0 unspecified atom stereocenters. The predicted molar refractivity (Wildman–Crippen MR) is 127 cm³/mol. The molecule has 1 aromatic heterocycles. The number of benzene rings is 2. The van der Waals surface area contributed by atoms with Crippen molar-refractivity contribution in [3.05, 3.63) is 71.9 Å². The standard InChI is InChI=1S/C26H30FN3O5.Na/c1-16(2)25-29-23(26(35)28-19-6-4-3-5-7-19)24(17-8-10-18(27)11-9-17)30(25)13-12-20(31)14-21(32)15-22(33)34;/h3-11,16,20-21,31-32H,12-15H2,1-2H3,(H,28,35)(H,33,34);/q;+1/p-1/t20-,21-;/m1./s1. The van der Waals surface area contributed by atoms with E-state index in [4.69, 9.17) is 0 Å². The van der Waals surface area contributed by atoms with Gasteiger partial charge in [0.15, 0.2) is 5.69 Å². The minimum absolute atomic E-state index is 0. The molecule has 0 aliphatic rings. The molecular formula is C26H29FN3NaO5. The molecule has 10 heteroatoms. The minimum Gasteiger partial charge on any atom is -0.550 e. The summed E-state index contributed by atoms with van der Waals surface area (Å²) in [4.78, 5) is 28.6. The first kappa shape index (κ1) is 29.7. The van der Waals surface area contributed by atoms with Gasteiger partial charge in [-0.25, -0.2) is 9.37 Å². The van der Waals surface area contributed by atoms with Crippen molar-refractivity contribution in [3.63, 3.8) is 0 Å². The number of anilines is 1. The quantitative estimate of drug-likeness (QED) is 0.308. The fourth-order valence-corrected chi connectivity index (χ4v) is 3.89. The van der Waals surface area contributed by atoms with Crippen molar-refractivity contribution < 1.29 is 58.9 Å². The minimum atomic E-state index is -1.39. The van der Waals surface area contributed by atoms with Gasteiger partial charge in [0.2, 0.25) is 0 Å². The summed E-state index contributed by atoms with van der Waals surface area (Å²) in [5.41, 5.74) is 1.82. The second kappa shape index (κ2) is 13.7. The second-order valence-electron chi connectivity index (χ2n) is 8.71. The van der Waals surface area contributed by atoms with E-state index in [9.17, 15) is 29.3 Å². The van der Waals surface area contributed by atoms with Crippen molar-refractivity contribution in [2.75, 3.05) is 5.32 Å². The molecule has 3 rings (SSSR count). The van der Waals surface area contributed by atoms with Gasteiger partial charge >= 0.3 is 29.6 Å². The maximum atomic E-state index is 13.6. The zero-order valence-corrected chi connectivity index (χ0v) is 22.6. The Morgan fingerprint density at radius 1 is 1.06 bits per heavy atom. The number of rotatable bonds is 11. The van der Waals surface area contributed by atoms with Crippen molar-refractivity contribution in [2.45, 2.75) is 57.8 Å². The Balaban J connectivity index is 0.00000456. The molecule has 0 saturated carbocycles. The van der Waals surface area contributed by atoms with Crippen molar-refractivity contribution in [3.8, 4) is 11.3 Å². The number of aromatic nitrogens is 2. The molecule has 3 aromatic rings. The van der Waals surface area contributed by atoms with Crippen LogP contribution in [0.15, 0.2) is 54.6 Å². The fourth-order valence-electron chi connectivity index (χ4n) is 3.89.